The van der Waals surface area contributed by atoms with Gasteiger partial charge >= 0.3 is 0 Å². The smallest absolute Gasteiger partial charge is 0.248 e. The van der Waals surface area contributed by atoms with Gasteiger partial charge in [-0.3, -0.25) is 4.79 Å². The molecule has 26 heavy (non-hydrogen) atoms. The lowest BCUT2D eigenvalue weighted by Crippen LogP contribution is -2.53. The Bertz CT molecular complexity index is 803. The Kier molecular flexibility index (Phi) is 4.44. The van der Waals surface area contributed by atoms with Gasteiger partial charge in [-0.15, -0.1) is 0 Å². The Morgan fingerprint density at radius 3 is 3.00 bits per heavy atom. The van der Waals surface area contributed by atoms with Gasteiger partial charge in [-0.25, -0.2) is 4.98 Å². The van der Waals surface area contributed by atoms with Crippen molar-refractivity contribution in [3.63, 3.8) is 0 Å². The molecule has 4 rings (SSSR count). The summed E-state index contributed by atoms with van der Waals surface area (Å²) >= 11 is 0. The molecule has 1 atom stereocenters. The second-order valence-corrected chi connectivity index (χ2v) is 7.00. The molecular formula is C20H26N4O2. The number of amides is 1. The summed E-state index contributed by atoms with van der Waals surface area (Å²) in [6.07, 6.45) is 5.89. The van der Waals surface area contributed by atoms with Crippen molar-refractivity contribution in [1.82, 2.24) is 14.5 Å². The summed E-state index contributed by atoms with van der Waals surface area (Å²) in [5.74, 6) is 1.06. The molecule has 6 heteroatoms. The van der Waals surface area contributed by atoms with Crippen LogP contribution in [0, 0.1) is 0 Å². The quantitative estimate of drug-likeness (QED) is 0.828. The van der Waals surface area contributed by atoms with E-state index in [4.69, 9.17) is 4.74 Å². The normalized spacial score (nSPS) is 21.2. The Hall–Kier alpha value is -2.34. The van der Waals surface area contributed by atoms with Gasteiger partial charge < -0.3 is 19.1 Å². The number of aromatic nitrogens is 2. The molecule has 0 N–H and O–H groups in total. The fourth-order valence-corrected chi connectivity index (χ4v) is 4.37. The average molecular weight is 354 g/mol. The van der Waals surface area contributed by atoms with Crippen molar-refractivity contribution in [2.24, 2.45) is 0 Å². The third-order valence-corrected chi connectivity index (χ3v) is 5.50. The maximum Gasteiger partial charge on any atom is 0.248 e. The van der Waals surface area contributed by atoms with Crippen LogP contribution in [-0.2, 0) is 15.1 Å². The first-order valence-electron chi connectivity index (χ1n) is 9.47. The molecule has 4 heterocycles. The zero-order valence-corrected chi connectivity index (χ0v) is 15.5. The van der Waals surface area contributed by atoms with E-state index >= 15 is 0 Å². The molecule has 1 saturated heterocycles. The second kappa shape index (κ2) is 6.76. The van der Waals surface area contributed by atoms with Crippen LogP contribution in [0.4, 0.5) is 5.69 Å². The van der Waals surface area contributed by atoms with Gasteiger partial charge in [0.05, 0.1) is 11.4 Å². The maximum absolute atomic E-state index is 12.6. The summed E-state index contributed by atoms with van der Waals surface area (Å²) in [5, 5.41) is 0. The largest absolute Gasteiger partial charge is 0.372 e. The van der Waals surface area contributed by atoms with Gasteiger partial charge in [-0.2, -0.15) is 0 Å². The van der Waals surface area contributed by atoms with Gasteiger partial charge in [0, 0.05) is 38.6 Å². The Morgan fingerprint density at radius 2 is 2.19 bits per heavy atom. The van der Waals surface area contributed by atoms with Gasteiger partial charge in [-0.05, 0) is 44.0 Å². The lowest BCUT2D eigenvalue weighted by molar-refractivity contribution is -0.135. The number of pyridine rings is 1. The molecule has 0 saturated carbocycles. The SMILES string of the molecule is CCCN1c2cccnc2-n2cccc2[C@]12CCN(C(=O)COCC)C2. The van der Waals surface area contributed by atoms with Gasteiger partial charge in [0.25, 0.3) is 0 Å². The van der Waals surface area contributed by atoms with Gasteiger partial charge in [0.15, 0.2) is 5.82 Å². The van der Waals surface area contributed by atoms with Crippen LogP contribution in [0.5, 0.6) is 0 Å². The van der Waals surface area contributed by atoms with Crippen LogP contribution in [0.3, 0.4) is 0 Å². The third kappa shape index (κ3) is 2.51. The van der Waals surface area contributed by atoms with Crippen molar-refractivity contribution < 1.29 is 9.53 Å². The van der Waals surface area contributed by atoms with Crippen molar-refractivity contribution in [2.45, 2.75) is 32.2 Å². The first-order chi connectivity index (χ1) is 12.7. The summed E-state index contributed by atoms with van der Waals surface area (Å²) in [7, 11) is 0. The minimum atomic E-state index is -0.197. The average Bonchev–Trinajstić information content (AvgIpc) is 3.32. The van der Waals surface area contributed by atoms with Crippen molar-refractivity contribution in [1.29, 1.82) is 0 Å². The summed E-state index contributed by atoms with van der Waals surface area (Å²) in [4.78, 5) is 21.6. The van der Waals surface area contributed by atoms with E-state index in [1.165, 1.54) is 5.69 Å². The molecule has 2 aliphatic rings. The van der Waals surface area contributed by atoms with E-state index in [1.807, 2.05) is 24.1 Å². The highest BCUT2D eigenvalue weighted by atomic mass is 16.5. The van der Waals surface area contributed by atoms with Crippen molar-refractivity contribution in [2.75, 3.05) is 37.7 Å². The molecule has 1 amide bonds. The monoisotopic (exact) mass is 354 g/mol. The predicted octanol–water partition coefficient (Wildman–Crippen LogP) is 2.57. The van der Waals surface area contributed by atoms with Crippen LogP contribution >= 0.6 is 0 Å². The number of fused-ring (bicyclic) bond motifs is 4. The highest BCUT2D eigenvalue weighted by molar-refractivity contribution is 5.78. The molecule has 1 spiro atoms. The van der Waals surface area contributed by atoms with Crippen LogP contribution in [0.15, 0.2) is 36.7 Å². The molecule has 0 aliphatic carbocycles. The number of likely N-dealkylation sites (tertiary alicyclic amines) is 1. The number of hydrogen-bond donors (Lipinski definition) is 0. The fourth-order valence-electron chi connectivity index (χ4n) is 4.37. The fraction of sp³-hybridized carbons (Fsp3) is 0.500. The Labute approximate surface area is 154 Å². The van der Waals surface area contributed by atoms with Crippen molar-refractivity contribution in [3.8, 4) is 5.82 Å². The molecule has 0 unspecified atom stereocenters. The number of carbonyl (C=O) groups is 1. The highest BCUT2D eigenvalue weighted by Gasteiger charge is 2.50. The summed E-state index contributed by atoms with van der Waals surface area (Å²) < 4.78 is 7.54. The van der Waals surface area contributed by atoms with Crippen LogP contribution in [0.25, 0.3) is 5.82 Å². The lowest BCUT2D eigenvalue weighted by Gasteiger charge is -2.47. The van der Waals surface area contributed by atoms with Gasteiger partial charge in [0.1, 0.15) is 12.1 Å². The molecule has 1 fully saturated rings. The zero-order valence-electron chi connectivity index (χ0n) is 15.5. The maximum atomic E-state index is 12.6. The van der Waals surface area contributed by atoms with Gasteiger partial charge in [0.2, 0.25) is 5.91 Å². The summed E-state index contributed by atoms with van der Waals surface area (Å²) in [5.41, 5.74) is 2.18. The second-order valence-electron chi connectivity index (χ2n) is 7.00. The Balaban J connectivity index is 1.75. The van der Waals surface area contributed by atoms with E-state index in [0.29, 0.717) is 13.2 Å². The minimum Gasteiger partial charge on any atom is -0.372 e. The van der Waals surface area contributed by atoms with Crippen LogP contribution in [0.1, 0.15) is 32.4 Å². The van der Waals surface area contributed by atoms with E-state index in [9.17, 15) is 4.79 Å². The minimum absolute atomic E-state index is 0.0789. The van der Waals surface area contributed by atoms with Crippen LogP contribution in [-0.4, -0.2) is 53.2 Å². The number of hydrogen-bond acceptors (Lipinski definition) is 4. The van der Waals surface area contributed by atoms with Crippen molar-refractivity contribution >= 4 is 11.6 Å². The van der Waals surface area contributed by atoms with E-state index < -0.39 is 0 Å². The predicted molar refractivity (Wildman–Crippen MR) is 101 cm³/mol. The topological polar surface area (TPSA) is 50.6 Å². The molecule has 138 valence electrons. The summed E-state index contributed by atoms with van der Waals surface area (Å²) in [6, 6.07) is 8.40. The zero-order chi connectivity index (χ0) is 18.1. The molecule has 0 radical (unpaired) electrons. The van der Waals surface area contributed by atoms with E-state index in [-0.39, 0.29) is 18.1 Å². The molecular weight excluding hydrogens is 328 g/mol. The lowest BCUT2D eigenvalue weighted by atomic mass is 9.88. The number of nitrogens with zero attached hydrogens (tertiary/aromatic N) is 4. The molecule has 0 aromatic carbocycles. The first-order valence-corrected chi connectivity index (χ1v) is 9.47. The molecule has 6 nitrogen and oxygen atoms in total. The molecule has 0 bridgehead atoms. The van der Waals surface area contributed by atoms with Crippen LogP contribution < -0.4 is 4.90 Å². The van der Waals surface area contributed by atoms with E-state index in [2.05, 4.69) is 45.8 Å². The molecule has 2 aliphatic heterocycles. The van der Waals surface area contributed by atoms with Gasteiger partial charge in [-0.1, -0.05) is 6.92 Å². The number of rotatable bonds is 5. The number of ether oxygens (including phenoxy) is 1. The third-order valence-electron chi connectivity index (χ3n) is 5.50. The molecule has 2 aromatic rings. The summed E-state index contributed by atoms with van der Waals surface area (Å²) in [6.45, 7) is 7.24. The standard InChI is InChI=1S/C20H26N4O2/c1-3-11-24-16-7-5-10-21-19(16)23-12-6-8-17(23)20(24)9-13-22(15-20)18(25)14-26-4-2/h5-8,10,12H,3-4,9,11,13-15H2,1-2H3/t20-/m1/s1. The van der Waals surface area contributed by atoms with Crippen LogP contribution in [0.2, 0.25) is 0 Å². The number of carbonyl (C=O) groups excluding carboxylic acids is 1. The Morgan fingerprint density at radius 1 is 1.31 bits per heavy atom. The number of anilines is 1. The molecule has 2 aromatic heterocycles. The van der Waals surface area contributed by atoms with E-state index in [1.54, 1.807) is 0 Å². The van der Waals surface area contributed by atoms with Crippen molar-refractivity contribution in [3.05, 3.63) is 42.4 Å². The van der Waals surface area contributed by atoms with E-state index in [0.717, 1.165) is 37.4 Å². The highest BCUT2D eigenvalue weighted by Crippen LogP contribution is 2.46. The first kappa shape index (κ1) is 17.1.